The summed E-state index contributed by atoms with van der Waals surface area (Å²) in [6.07, 6.45) is 0. The summed E-state index contributed by atoms with van der Waals surface area (Å²) >= 11 is 14.8. The predicted octanol–water partition coefficient (Wildman–Crippen LogP) is 5.47. The molecule has 24 heavy (non-hydrogen) atoms. The predicted molar refractivity (Wildman–Crippen MR) is 109 cm³/mol. The van der Waals surface area contributed by atoms with Gasteiger partial charge in [0.1, 0.15) is 12.4 Å². The van der Waals surface area contributed by atoms with E-state index in [1.165, 1.54) is 11.1 Å². The van der Waals surface area contributed by atoms with Gasteiger partial charge in [-0.05, 0) is 90.4 Å². The van der Waals surface area contributed by atoms with Crippen molar-refractivity contribution in [3.05, 3.63) is 57.0 Å². The first-order valence-electron chi connectivity index (χ1n) is 7.58. The number of halogens is 2. The molecular formula is C18H20BrClN2OS. The molecule has 0 saturated carbocycles. The van der Waals surface area contributed by atoms with Crippen molar-refractivity contribution in [3.8, 4) is 5.75 Å². The molecule has 3 nitrogen and oxygen atoms in total. The van der Waals surface area contributed by atoms with E-state index in [-0.39, 0.29) is 6.04 Å². The third kappa shape index (κ3) is 5.65. The third-order valence-electron chi connectivity index (χ3n) is 3.53. The minimum Gasteiger partial charge on any atom is -0.491 e. The number of benzene rings is 2. The Morgan fingerprint density at radius 1 is 1.21 bits per heavy atom. The zero-order chi connectivity index (χ0) is 17.7. The Balaban J connectivity index is 1.82. The minimum atomic E-state index is 0.0672. The Bertz CT molecular complexity index is 739. The van der Waals surface area contributed by atoms with Crippen molar-refractivity contribution in [2.45, 2.75) is 26.8 Å². The van der Waals surface area contributed by atoms with Crippen molar-refractivity contribution in [2.24, 2.45) is 0 Å². The Morgan fingerprint density at radius 3 is 2.62 bits per heavy atom. The van der Waals surface area contributed by atoms with Crippen molar-refractivity contribution in [1.29, 1.82) is 0 Å². The van der Waals surface area contributed by atoms with Crippen molar-refractivity contribution >= 4 is 50.5 Å². The highest BCUT2D eigenvalue weighted by Gasteiger charge is 2.07. The van der Waals surface area contributed by atoms with Crippen molar-refractivity contribution in [2.75, 3.05) is 11.9 Å². The van der Waals surface area contributed by atoms with Crippen molar-refractivity contribution in [1.82, 2.24) is 5.32 Å². The van der Waals surface area contributed by atoms with Gasteiger partial charge in [-0.1, -0.05) is 17.7 Å². The van der Waals surface area contributed by atoms with E-state index in [9.17, 15) is 0 Å². The number of rotatable bonds is 5. The average Bonchev–Trinajstić information content (AvgIpc) is 2.52. The maximum Gasteiger partial charge on any atom is 0.171 e. The lowest BCUT2D eigenvalue weighted by Gasteiger charge is -2.18. The van der Waals surface area contributed by atoms with E-state index in [1.807, 2.05) is 37.3 Å². The van der Waals surface area contributed by atoms with E-state index in [1.54, 1.807) is 0 Å². The monoisotopic (exact) mass is 426 g/mol. The van der Waals surface area contributed by atoms with E-state index >= 15 is 0 Å². The van der Waals surface area contributed by atoms with Gasteiger partial charge >= 0.3 is 0 Å². The summed E-state index contributed by atoms with van der Waals surface area (Å²) in [5.41, 5.74) is 3.31. The molecular weight excluding hydrogens is 408 g/mol. The van der Waals surface area contributed by atoms with Crippen LogP contribution in [0.25, 0.3) is 0 Å². The molecule has 128 valence electrons. The summed E-state index contributed by atoms with van der Waals surface area (Å²) in [7, 11) is 0. The van der Waals surface area contributed by atoms with Gasteiger partial charge in [0.2, 0.25) is 0 Å². The normalized spacial score (nSPS) is 11.7. The largest absolute Gasteiger partial charge is 0.491 e. The van der Waals surface area contributed by atoms with Crippen LogP contribution in [0.15, 0.2) is 40.9 Å². The Kier molecular flexibility index (Phi) is 6.90. The molecule has 2 aromatic carbocycles. The fraction of sp³-hybridized carbons (Fsp3) is 0.278. The van der Waals surface area contributed by atoms with Gasteiger partial charge in [-0.2, -0.15) is 0 Å². The van der Waals surface area contributed by atoms with Crippen LogP contribution in [0.1, 0.15) is 18.1 Å². The molecule has 0 heterocycles. The SMILES string of the molecule is Cc1ccc(OC[C@H](C)NC(=S)Nc2ccc(Br)c(Cl)c2)cc1C. The number of aryl methyl sites for hydroxylation is 2. The maximum atomic E-state index is 6.07. The number of nitrogens with one attached hydrogen (secondary N) is 2. The summed E-state index contributed by atoms with van der Waals surface area (Å²) in [5.74, 6) is 0.866. The fourth-order valence-electron chi connectivity index (χ4n) is 2.03. The Morgan fingerprint density at radius 2 is 1.96 bits per heavy atom. The summed E-state index contributed by atoms with van der Waals surface area (Å²) in [5, 5.41) is 7.48. The van der Waals surface area contributed by atoms with Crippen molar-refractivity contribution < 1.29 is 4.74 Å². The van der Waals surface area contributed by atoms with Gasteiger partial charge in [0.05, 0.1) is 11.1 Å². The standard InChI is InChI=1S/C18H20BrClN2OS/c1-11-4-6-15(8-12(11)2)23-10-13(3)21-18(24)22-14-5-7-16(19)17(20)9-14/h4-9,13H,10H2,1-3H3,(H2,21,22,24)/t13-/m0/s1. The number of thiocarbonyl (C=S) groups is 1. The highest BCUT2D eigenvalue weighted by molar-refractivity contribution is 9.10. The highest BCUT2D eigenvalue weighted by atomic mass is 79.9. The van der Waals surface area contributed by atoms with E-state index in [4.69, 9.17) is 28.6 Å². The van der Waals surface area contributed by atoms with Crippen LogP contribution in [0.4, 0.5) is 5.69 Å². The molecule has 0 unspecified atom stereocenters. The summed E-state index contributed by atoms with van der Waals surface area (Å²) in [6.45, 7) is 6.70. The number of anilines is 1. The Hall–Kier alpha value is -1.30. The zero-order valence-electron chi connectivity index (χ0n) is 13.8. The number of hydrogen-bond donors (Lipinski definition) is 2. The van der Waals surface area contributed by atoms with Gasteiger partial charge in [-0.25, -0.2) is 0 Å². The van der Waals surface area contributed by atoms with Gasteiger partial charge in [-0.15, -0.1) is 0 Å². The Labute approximate surface area is 161 Å². The van der Waals surface area contributed by atoms with Crippen LogP contribution < -0.4 is 15.4 Å². The lowest BCUT2D eigenvalue weighted by Crippen LogP contribution is -2.39. The molecule has 0 aliphatic rings. The number of hydrogen-bond acceptors (Lipinski definition) is 2. The molecule has 0 amide bonds. The summed E-state index contributed by atoms with van der Waals surface area (Å²) < 4.78 is 6.66. The van der Waals surface area contributed by atoms with Crippen LogP contribution in [0, 0.1) is 13.8 Å². The van der Waals surface area contributed by atoms with Crippen LogP contribution in [-0.2, 0) is 0 Å². The molecule has 6 heteroatoms. The van der Waals surface area contributed by atoms with E-state index in [2.05, 4.69) is 46.5 Å². The second kappa shape index (κ2) is 8.70. The second-order valence-electron chi connectivity index (χ2n) is 5.69. The first-order valence-corrected chi connectivity index (χ1v) is 9.15. The van der Waals surface area contributed by atoms with E-state index in [0.717, 1.165) is 15.9 Å². The first-order chi connectivity index (χ1) is 11.3. The molecule has 2 N–H and O–H groups in total. The van der Waals surface area contributed by atoms with Gasteiger partial charge in [0, 0.05) is 10.2 Å². The smallest absolute Gasteiger partial charge is 0.171 e. The molecule has 0 aliphatic heterocycles. The lowest BCUT2D eigenvalue weighted by molar-refractivity contribution is 0.287. The first kappa shape index (κ1) is 19.0. The third-order valence-corrected chi connectivity index (χ3v) is 4.99. The van der Waals surface area contributed by atoms with Gasteiger partial charge < -0.3 is 15.4 Å². The minimum absolute atomic E-state index is 0.0672. The van der Waals surface area contributed by atoms with Gasteiger partial charge in [-0.3, -0.25) is 0 Å². The molecule has 0 saturated heterocycles. The highest BCUT2D eigenvalue weighted by Crippen LogP contribution is 2.25. The topological polar surface area (TPSA) is 33.3 Å². The molecule has 1 atom stereocenters. The van der Waals surface area contributed by atoms with Gasteiger partial charge in [0.25, 0.3) is 0 Å². The lowest BCUT2D eigenvalue weighted by atomic mass is 10.1. The molecule has 0 aliphatic carbocycles. The molecule has 0 radical (unpaired) electrons. The van der Waals surface area contributed by atoms with Crippen LogP contribution in [0.2, 0.25) is 5.02 Å². The quantitative estimate of drug-likeness (QED) is 0.620. The molecule has 0 aromatic heterocycles. The van der Waals surface area contributed by atoms with Crippen LogP contribution in [-0.4, -0.2) is 17.8 Å². The molecule has 2 rings (SSSR count). The average molecular weight is 428 g/mol. The molecule has 0 spiro atoms. The molecule has 0 bridgehead atoms. The zero-order valence-corrected chi connectivity index (χ0v) is 17.0. The maximum absolute atomic E-state index is 6.07. The fourth-order valence-corrected chi connectivity index (χ4v) is 2.78. The number of ether oxygens (including phenoxy) is 1. The molecule has 0 fully saturated rings. The summed E-state index contributed by atoms with van der Waals surface area (Å²) in [4.78, 5) is 0. The summed E-state index contributed by atoms with van der Waals surface area (Å²) in [6, 6.07) is 11.7. The second-order valence-corrected chi connectivity index (χ2v) is 7.36. The van der Waals surface area contributed by atoms with Crippen LogP contribution >= 0.6 is 39.7 Å². The molecule has 2 aromatic rings. The van der Waals surface area contributed by atoms with Crippen molar-refractivity contribution in [3.63, 3.8) is 0 Å². The van der Waals surface area contributed by atoms with Crippen LogP contribution in [0.5, 0.6) is 5.75 Å². The van der Waals surface area contributed by atoms with Crippen LogP contribution in [0.3, 0.4) is 0 Å². The van der Waals surface area contributed by atoms with E-state index < -0.39 is 0 Å². The van der Waals surface area contributed by atoms with E-state index in [0.29, 0.717) is 16.7 Å². The van der Waals surface area contributed by atoms with Gasteiger partial charge in [0.15, 0.2) is 5.11 Å².